The fourth-order valence-electron chi connectivity index (χ4n) is 3.13. The topological polar surface area (TPSA) is 109 Å². The standard InChI is InChI=1S/C27H28N4O4/c1-17-11-12-22(13-19(17)3)29-26(33)27(34)31-28-15-21-8-6-9-23(14-21)35-16-25(32)30-24-10-5-7-18(2)20(24)4/h5-15H,16H2,1-4H3,(H,29,33)(H,30,32)(H,31,34)/b28-15-. The van der Waals surface area contributed by atoms with Crippen LogP contribution in [0.25, 0.3) is 0 Å². The minimum Gasteiger partial charge on any atom is -0.484 e. The molecule has 8 nitrogen and oxygen atoms in total. The number of anilines is 2. The molecular weight excluding hydrogens is 444 g/mol. The quantitative estimate of drug-likeness (QED) is 0.274. The fraction of sp³-hybridized carbons (Fsp3) is 0.185. The highest BCUT2D eigenvalue weighted by atomic mass is 16.5. The zero-order valence-electron chi connectivity index (χ0n) is 20.1. The first kappa shape index (κ1) is 25.2. The summed E-state index contributed by atoms with van der Waals surface area (Å²) >= 11 is 0. The fourth-order valence-corrected chi connectivity index (χ4v) is 3.13. The first-order chi connectivity index (χ1) is 16.7. The van der Waals surface area contributed by atoms with Crippen molar-refractivity contribution in [3.63, 3.8) is 0 Å². The highest BCUT2D eigenvalue weighted by Gasteiger charge is 2.13. The number of carbonyl (C=O) groups excluding carboxylic acids is 3. The predicted octanol–water partition coefficient (Wildman–Crippen LogP) is 4.03. The van der Waals surface area contributed by atoms with Crippen molar-refractivity contribution in [1.82, 2.24) is 5.43 Å². The number of benzene rings is 3. The van der Waals surface area contributed by atoms with Crippen molar-refractivity contribution in [1.29, 1.82) is 0 Å². The maximum atomic E-state index is 12.3. The van der Waals surface area contributed by atoms with Crippen LogP contribution in [-0.2, 0) is 14.4 Å². The Morgan fingerprint density at radius 1 is 0.829 bits per heavy atom. The van der Waals surface area contributed by atoms with Crippen LogP contribution in [0.3, 0.4) is 0 Å². The van der Waals surface area contributed by atoms with Crippen LogP contribution < -0.4 is 20.8 Å². The highest BCUT2D eigenvalue weighted by Crippen LogP contribution is 2.18. The summed E-state index contributed by atoms with van der Waals surface area (Å²) in [5, 5.41) is 9.20. The monoisotopic (exact) mass is 472 g/mol. The summed E-state index contributed by atoms with van der Waals surface area (Å²) in [5.41, 5.74) is 8.28. The van der Waals surface area contributed by atoms with Crippen molar-refractivity contribution in [3.05, 3.63) is 88.5 Å². The number of hydrogen-bond donors (Lipinski definition) is 3. The molecule has 0 aliphatic carbocycles. The van der Waals surface area contributed by atoms with E-state index in [0.717, 1.165) is 27.9 Å². The third kappa shape index (κ3) is 7.26. The van der Waals surface area contributed by atoms with E-state index >= 15 is 0 Å². The number of rotatable bonds is 7. The van der Waals surface area contributed by atoms with Crippen molar-refractivity contribution in [2.75, 3.05) is 17.2 Å². The molecule has 35 heavy (non-hydrogen) atoms. The van der Waals surface area contributed by atoms with Gasteiger partial charge in [0.1, 0.15) is 5.75 Å². The van der Waals surface area contributed by atoms with Crippen molar-refractivity contribution < 1.29 is 19.1 Å². The summed E-state index contributed by atoms with van der Waals surface area (Å²) in [6.45, 7) is 7.65. The molecule has 3 aromatic rings. The van der Waals surface area contributed by atoms with Crippen LogP contribution in [0.4, 0.5) is 11.4 Å². The van der Waals surface area contributed by atoms with Gasteiger partial charge in [0.25, 0.3) is 5.91 Å². The minimum atomic E-state index is -0.894. The Morgan fingerprint density at radius 3 is 2.37 bits per heavy atom. The Hall–Kier alpha value is -4.46. The first-order valence-corrected chi connectivity index (χ1v) is 11.0. The number of hydrazone groups is 1. The molecule has 0 fully saturated rings. The molecule has 8 heteroatoms. The number of aryl methyl sites for hydroxylation is 3. The second-order valence-electron chi connectivity index (χ2n) is 8.11. The van der Waals surface area contributed by atoms with E-state index in [2.05, 4.69) is 21.2 Å². The van der Waals surface area contributed by atoms with Gasteiger partial charge in [0.05, 0.1) is 6.21 Å². The highest BCUT2D eigenvalue weighted by molar-refractivity contribution is 6.39. The first-order valence-electron chi connectivity index (χ1n) is 11.0. The smallest absolute Gasteiger partial charge is 0.329 e. The molecule has 0 saturated heterocycles. The number of hydrogen-bond acceptors (Lipinski definition) is 5. The lowest BCUT2D eigenvalue weighted by atomic mass is 10.1. The molecule has 0 radical (unpaired) electrons. The molecule has 3 N–H and O–H groups in total. The number of nitrogens with zero attached hydrogens (tertiary/aromatic N) is 1. The molecule has 3 rings (SSSR count). The van der Waals surface area contributed by atoms with E-state index in [0.29, 0.717) is 17.0 Å². The van der Waals surface area contributed by atoms with E-state index in [9.17, 15) is 14.4 Å². The van der Waals surface area contributed by atoms with Gasteiger partial charge in [0, 0.05) is 11.4 Å². The third-order valence-corrected chi connectivity index (χ3v) is 5.46. The van der Waals surface area contributed by atoms with Crippen LogP contribution in [0.5, 0.6) is 5.75 Å². The summed E-state index contributed by atoms with van der Waals surface area (Å²) in [7, 11) is 0. The Bertz CT molecular complexity index is 1280. The van der Waals surface area contributed by atoms with Crippen LogP contribution in [0, 0.1) is 27.7 Å². The molecular formula is C27H28N4O4. The Labute approximate surface area is 204 Å². The summed E-state index contributed by atoms with van der Waals surface area (Å²) in [4.78, 5) is 36.4. The normalized spacial score (nSPS) is 10.6. The number of amides is 3. The Morgan fingerprint density at radius 2 is 1.60 bits per heavy atom. The Balaban J connectivity index is 1.50. The zero-order chi connectivity index (χ0) is 25.4. The van der Waals surface area contributed by atoms with Gasteiger partial charge in [-0.2, -0.15) is 5.10 Å². The van der Waals surface area contributed by atoms with E-state index in [1.807, 2.05) is 52.0 Å². The van der Waals surface area contributed by atoms with E-state index in [-0.39, 0.29) is 12.5 Å². The number of ether oxygens (including phenoxy) is 1. The maximum Gasteiger partial charge on any atom is 0.329 e. The van der Waals surface area contributed by atoms with E-state index in [1.165, 1.54) is 6.21 Å². The average Bonchev–Trinajstić information content (AvgIpc) is 2.83. The number of carbonyl (C=O) groups is 3. The molecule has 0 bridgehead atoms. The van der Waals surface area contributed by atoms with Crippen LogP contribution in [0.2, 0.25) is 0 Å². The molecule has 180 valence electrons. The van der Waals surface area contributed by atoms with Gasteiger partial charge in [-0.3, -0.25) is 14.4 Å². The van der Waals surface area contributed by atoms with Crippen molar-refractivity contribution in [2.24, 2.45) is 5.10 Å². The van der Waals surface area contributed by atoms with Gasteiger partial charge in [-0.05, 0) is 85.8 Å². The van der Waals surface area contributed by atoms with Gasteiger partial charge in [-0.15, -0.1) is 0 Å². The van der Waals surface area contributed by atoms with Gasteiger partial charge in [-0.25, -0.2) is 5.43 Å². The molecule has 3 aromatic carbocycles. The molecule has 0 aromatic heterocycles. The van der Waals surface area contributed by atoms with Crippen molar-refractivity contribution in [2.45, 2.75) is 27.7 Å². The van der Waals surface area contributed by atoms with Crippen LogP contribution in [0.1, 0.15) is 27.8 Å². The molecule has 0 unspecified atom stereocenters. The van der Waals surface area contributed by atoms with Gasteiger partial charge >= 0.3 is 11.8 Å². The van der Waals surface area contributed by atoms with Gasteiger partial charge in [0.15, 0.2) is 6.61 Å². The minimum absolute atomic E-state index is 0.163. The SMILES string of the molecule is Cc1ccc(NC(=O)C(=O)N/N=C\c2cccc(OCC(=O)Nc3cccc(C)c3C)c2)cc1C. The predicted molar refractivity (Wildman–Crippen MR) is 137 cm³/mol. The summed E-state index contributed by atoms with van der Waals surface area (Å²) < 4.78 is 5.58. The zero-order valence-corrected chi connectivity index (χ0v) is 20.1. The van der Waals surface area contributed by atoms with Crippen LogP contribution in [0.15, 0.2) is 65.8 Å². The van der Waals surface area contributed by atoms with E-state index in [1.54, 1.807) is 36.4 Å². The summed E-state index contributed by atoms with van der Waals surface area (Å²) in [6, 6.07) is 17.9. The summed E-state index contributed by atoms with van der Waals surface area (Å²) in [6.07, 6.45) is 1.38. The summed E-state index contributed by atoms with van der Waals surface area (Å²) in [5.74, 6) is -1.53. The largest absolute Gasteiger partial charge is 0.484 e. The third-order valence-electron chi connectivity index (χ3n) is 5.46. The van der Waals surface area contributed by atoms with Gasteiger partial charge in [-0.1, -0.05) is 30.3 Å². The second-order valence-corrected chi connectivity index (χ2v) is 8.11. The molecule has 0 aliphatic rings. The van der Waals surface area contributed by atoms with E-state index < -0.39 is 11.8 Å². The maximum absolute atomic E-state index is 12.3. The lowest BCUT2D eigenvalue weighted by molar-refractivity contribution is -0.136. The molecule has 0 saturated carbocycles. The van der Waals surface area contributed by atoms with Crippen LogP contribution in [-0.4, -0.2) is 30.5 Å². The average molecular weight is 473 g/mol. The van der Waals surface area contributed by atoms with Crippen LogP contribution >= 0.6 is 0 Å². The molecule has 0 heterocycles. The van der Waals surface area contributed by atoms with Gasteiger partial charge in [0.2, 0.25) is 0 Å². The van der Waals surface area contributed by atoms with Gasteiger partial charge < -0.3 is 15.4 Å². The molecule has 0 atom stereocenters. The molecule has 0 spiro atoms. The lowest BCUT2D eigenvalue weighted by Gasteiger charge is -2.11. The Kier molecular flexibility index (Phi) is 8.34. The van der Waals surface area contributed by atoms with Crippen molar-refractivity contribution in [3.8, 4) is 5.75 Å². The van der Waals surface area contributed by atoms with Crippen molar-refractivity contribution >= 4 is 35.3 Å². The molecule has 3 amide bonds. The lowest BCUT2D eigenvalue weighted by Crippen LogP contribution is -2.32. The number of nitrogens with one attached hydrogen (secondary N) is 3. The second kappa shape index (κ2) is 11.6. The van der Waals surface area contributed by atoms with E-state index in [4.69, 9.17) is 4.74 Å². The molecule has 0 aliphatic heterocycles.